The lowest BCUT2D eigenvalue weighted by Crippen LogP contribution is -2.47. The van der Waals surface area contributed by atoms with Gasteiger partial charge in [-0.15, -0.1) is 0 Å². The first-order valence-electron chi connectivity index (χ1n) is 9.69. The molecule has 0 aliphatic heterocycles. The van der Waals surface area contributed by atoms with Crippen molar-refractivity contribution in [1.82, 2.24) is 20.7 Å². The highest BCUT2D eigenvalue weighted by Crippen LogP contribution is 2.25. The van der Waals surface area contributed by atoms with Crippen molar-refractivity contribution >= 4 is 18.2 Å². The summed E-state index contributed by atoms with van der Waals surface area (Å²) in [4.78, 5) is 31.7. The number of aromatic nitrogens is 2. The number of nitrogens with one attached hydrogen (secondary N) is 3. The van der Waals surface area contributed by atoms with Crippen LogP contribution in [0.3, 0.4) is 0 Å². The standard InChI is InChI=1S/C22H23N5O5/c1-31-20-9-16(7-8-19(20)28)11-25-27-21(29)18(10-17-12-23-14-24-17)26-22(30)32-13-15-5-3-2-4-6-15/h2-9,11-12,14,18,28H,10,13H2,1H3,(H,23,24)(H,26,30)(H,27,29)/b25-11-/t18-/m1/s1. The highest BCUT2D eigenvalue weighted by atomic mass is 16.5. The number of phenolic OH excluding ortho intramolecular Hbond substituents is 1. The van der Waals surface area contributed by atoms with Gasteiger partial charge in [0.25, 0.3) is 5.91 Å². The van der Waals surface area contributed by atoms with Crippen molar-refractivity contribution in [2.75, 3.05) is 7.11 Å². The predicted molar refractivity (Wildman–Crippen MR) is 116 cm³/mol. The van der Waals surface area contributed by atoms with Gasteiger partial charge < -0.3 is 24.9 Å². The molecule has 0 saturated carbocycles. The van der Waals surface area contributed by atoms with Crippen LogP contribution in [0, 0.1) is 0 Å². The van der Waals surface area contributed by atoms with Gasteiger partial charge in [0, 0.05) is 18.3 Å². The Morgan fingerprint density at radius 3 is 2.78 bits per heavy atom. The van der Waals surface area contributed by atoms with Crippen molar-refractivity contribution in [2.24, 2.45) is 5.10 Å². The molecule has 0 spiro atoms. The molecule has 10 nitrogen and oxygen atoms in total. The third kappa shape index (κ3) is 6.59. The minimum Gasteiger partial charge on any atom is -0.504 e. The van der Waals surface area contributed by atoms with Crippen LogP contribution in [0.5, 0.6) is 11.5 Å². The van der Waals surface area contributed by atoms with Gasteiger partial charge in [-0.05, 0) is 29.3 Å². The van der Waals surface area contributed by atoms with Crippen LogP contribution < -0.4 is 15.5 Å². The van der Waals surface area contributed by atoms with Crippen LogP contribution in [0.1, 0.15) is 16.8 Å². The summed E-state index contributed by atoms with van der Waals surface area (Å²) in [5.41, 5.74) is 4.47. The zero-order chi connectivity index (χ0) is 22.8. The van der Waals surface area contributed by atoms with Crippen LogP contribution in [0.2, 0.25) is 0 Å². The summed E-state index contributed by atoms with van der Waals surface area (Å²) >= 11 is 0. The molecule has 0 unspecified atom stereocenters. The number of carbonyl (C=O) groups excluding carboxylic acids is 2. The molecule has 0 aliphatic carbocycles. The van der Waals surface area contributed by atoms with Crippen LogP contribution >= 0.6 is 0 Å². The molecular weight excluding hydrogens is 414 g/mol. The van der Waals surface area contributed by atoms with Gasteiger partial charge in [0.2, 0.25) is 0 Å². The maximum absolute atomic E-state index is 12.7. The number of aromatic hydroxyl groups is 1. The molecule has 166 valence electrons. The number of hydrogen-bond donors (Lipinski definition) is 4. The molecule has 0 fully saturated rings. The summed E-state index contributed by atoms with van der Waals surface area (Å²) in [5, 5.41) is 16.1. The normalized spacial score (nSPS) is 11.7. The molecule has 0 saturated heterocycles. The van der Waals surface area contributed by atoms with Crippen molar-refractivity contribution in [2.45, 2.75) is 19.1 Å². The van der Waals surface area contributed by atoms with Gasteiger partial charge in [0.1, 0.15) is 12.6 Å². The van der Waals surface area contributed by atoms with Crippen molar-refractivity contribution < 1.29 is 24.2 Å². The molecular formula is C22H23N5O5. The number of alkyl carbamates (subject to hydrolysis) is 1. The zero-order valence-corrected chi connectivity index (χ0v) is 17.3. The Morgan fingerprint density at radius 2 is 2.06 bits per heavy atom. The van der Waals surface area contributed by atoms with Crippen molar-refractivity contribution in [3.63, 3.8) is 0 Å². The first-order chi connectivity index (χ1) is 15.5. The van der Waals surface area contributed by atoms with E-state index in [1.54, 1.807) is 18.3 Å². The summed E-state index contributed by atoms with van der Waals surface area (Å²) in [5.74, 6) is -0.273. The number of phenols is 1. The molecule has 1 atom stereocenters. The lowest BCUT2D eigenvalue weighted by molar-refractivity contribution is -0.123. The summed E-state index contributed by atoms with van der Waals surface area (Å²) < 4.78 is 10.2. The van der Waals surface area contributed by atoms with E-state index in [4.69, 9.17) is 9.47 Å². The van der Waals surface area contributed by atoms with Gasteiger partial charge in [-0.2, -0.15) is 5.10 Å². The molecule has 4 N–H and O–H groups in total. The molecule has 3 aromatic rings. The second-order valence-corrected chi connectivity index (χ2v) is 6.71. The van der Waals surface area contributed by atoms with Gasteiger partial charge >= 0.3 is 6.09 Å². The molecule has 1 aromatic heterocycles. The number of methoxy groups -OCH3 is 1. The molecule has 10 heteroatoms. The quantitative estimate of drug-likeness (QED) is 0.299. The van der Waals surface area contributed by atoms with Crippen molar-refractivity contribution in [3.8, 4) is 11.5 Å². The molecule has 0 aliphatic rings. The monoisotopic (exact) mass is 437 g/mol. The molecule has 32 heavy (non-hydrogen) atoms. The highest BCUT2D eigenvalue weighted by molar-refractivity contribution is 5.87. The Morgan fingerprint density at radius 1 is 1.25 bits per heavy atom. The van der Waals surface area contributed by atoms with E-state index in [2.05, 4.69) is 25.8 Å². The number of H-pyrrole nitrogens is 1. The van der Waals surface area contributed by atoms with Gasteiger partial charge in [-0.3, -0.25) is 4.79 Å². The minimum atomic E-state index is -0.953. The Labute approximate surface area is 184 Å². The Bertz CT molecular complexity index is 1050. The Hall–Kier alpha value is -4.34. The van der Waals surface area contributed by atoms with Crippen molar-refractivity contribution in [3.05, 3.63) is 77.9 Å². The fourth-order valence-corrected chi connectivity index (χ4v) is 2.76. The molecule has 3 rings (SSSR count). The van der Waals surface area contributed by atoms with E-state index in [0.29, 0.717) is 11.3 Å². The number of rotatable bonds is 9. The number of hydrazone groups is 1. The van der Waals surface area contributed by atoms with E-state index in [1.807, 2.05) is 30.3 Å². The smallest absolute Gasteiger partial charge is 0.408 e. The van der Waals surface area contributed by atoms with Crippen LogP contribution in [0.15, 0.2) is 66.2 Å². The average Bonchev–Trinajstić information content (AvgIpc) is 3.32. The van der Waals surface area contributed by atoms with E-state index in [0.717, 1.165) is 5.56 Å². The van der Waals surface area contributed by atoms with Crippen LogP contribution in [0.25, 0.3) is 0 Å². The first-order valence-corrected chi connectivity index (χ1v) is 9.69. The van der Waals surface area contributed by atoms with Gasteiger partial charge in [0.05, 0.1) is 19.7 Å². The molecule has 0 bridgehead atoms. The number of nitrogens with zero attached hydrogens (tertiary/aromatic N) is 2. The van der Waals surface area contributed by atoms with E-state index in [-0.39, 0.29) is 24.5 Å². The summed E-state index contributed by atoms with van der Waals surface area (Å²) in [6, 6.07) is 12.9. The van der Waals surface area contributed by atoms with E-state index >= 15 is 0 Å². The second-order valence-electron chi connectivity index (χ2n) is 6.71. The SMILES string of the molecule is COc1cc(/C=N\NC(=O)[C@@H](Cc2cnc[nH]2)NC(=O)OCc2ccccc2)ccc1O. The number of benzene rings is 2. The maximum atomic E-state index is 12.7. The third-order valence-corrected chi connectivity index (χ3v) is 4.39. The minimum absolute atomic E-state index is 0.00785. The Balaban J connectivity index is 1.61. The molecule has 0 radical (unpaired) electrons. The third-order valence-electron chi connectivity index (χ3n) is 4.39. The summed E-state index contributed by atoms with van der Waals surface area (Å²) in [6.45, 7) is 0.0753. The highest BCUT2D eigenvalue weighted by Gasteiger charge is 2.22. The molecule has 1 heterocycles. The van der Waals surface area contributed by atoms with E-state index < -0.39 is 18.0 Å². The average molecular weight is 437 g/mol. The topological polar surface area (TPSA) is 138 Å². The Kier molecular flexibility index (Phi) is 7.79. The number of amides is 2. The largest absolute Gasteiger partial charge is 0.504 e. The maximum Gasteiger partial charge on any atom is 0.408 e. The number of aromatic amines is 1. The second kappa shape index (κ2) is 11.2. The predicted octanol–water partition coefficient (Wildman–Crippen LogP) is 2.11. The van der Waals surface area contributed by atoms with Crippen molar-refractivity contribution in [1.29, 1.82) is 0 Å². The van der Waals surface area contributed by atoms with Crippen LogP contribution in [-0.2, 0) is 22.6 Å². The number of hydrogen-bond acceptors (Lipinski definition) is 7. The first kappa shape index (κ1) is 22.3. The molecule has 2 amide bonds. The number of ether oxygens (including phenoxy) is 2. The fraction of sp³-hybridized carbons (Fsp3) is 0.182. The van der Waals surface area contributed by atoms with Crippen LogP contribution in [0.4, 0.5) is 4.79 Å². The van der Waals surface area contributed by atoms with Gasteiger partial charge in [-0.1, -0.05) is 30.3 Å². The van der Waals surface area contributed by atoms with E-state index in [9.17, 15) is 14.7 Å². The number of imidazole rings is 1. The fourth-order valence-electron chi connectivity index (χ4n) is 2.76. The van der Waals surface area contributed by atoms with Gasteiger partial charge in [-0.25, -0.2) is 15.2 Å². The van der Waals surface area contributed by atoms with Gasteiger partial charge in [0.15, 0.2) is 11.5 Å². The zero-order valence-electron chi connectivity index (χ0n) is 17.3. The molecule has 2 aromatic carbocycles. The number of carbonyl (C=O) groups is 2. The van der Waals surface area contributed by atoms with E-state index in [1.165, 1.54) is 25.7 Å². The summed E-state index contributed by atoms with van der Waals surface area (Å²) in [6.07, 6.45) is 3.86. The lowest BCUT2D eigenvalue weighted by Gasteiger charge is -2.16. The lowest BCUT2D eigenvalue weighted by atomic mass is 10.1. The summed E-state index contributed by atoms with van der Waals surface area (Å²) in [7, 11) is 1.43. The van der Waals surface area contributed by atoms with Crippen LogP contribution in [-0.4, -0.2) is 46.4 Å².